The lowest BCUT2D eigenvalue weighted by Crippen LogP contribution is -2.37. The molecule has 0 aromatic heterocycles. The van der Waals surface area contributed by atoms with E-state index in [0.717, 1.165) is 5.56 Å². The summed E-state index contributed by atoms with van der Waals surface area (Å²) >= 11 is 3.98. The van der Waals surface area contributed by atoms with Gasteiger partial charge in [0.05, 0.1) is 14.2 Å². The van der Waals surface area contributed by atoms with Crippen LogP contribution in [0.4, 0.5) is 0 Å². The van der Waals surface area contributed by atoms with Crippen molar-refractivity contribution in [2.24, 2.45) is 0 Å². The molecule has 1 aromatic carbocycles. The summed E-state index contributed by atoms with van der Waals surface area (Å²) < 4.78 is 10.3. The van der Waals surface area contributed by atoms with Gasteiger partial charge in [-0.2, -0.15) is 12.6 Å². The van der Waals surface area contributed by atoms with Crippen LogP contribution in [0.2, 0.25) is 0 Å². The molecule has 0 heterocycles. The molecule has 0 spiro atoms. The highest BCUT2D eigenvalue weighted by Crippen LogP contribution is 2.27. The predicted octanol–water partition coefficient (Wildman–Crippen LogP) is 1.18. The zero-order chi connectivity index (χ0) is 13.5. The van der Waals surface area contributed by atoms with Crippen molar-refractivity contribution in [3.8, 4) is 11.5 Å². The number of benzene rings is 1. The molecule has 0 saturated heterocycles. The van der Waals surface area contributed by atoms with Crippen molar-refractivity contribution < 1.29 is 19.4 Å². The van der Waals surface area contributed by atoms with Crippen LogP contribution in [0.5, 0.6) is 11.5 Å². The van der Waals surface area contributed by atoms with Gasteiger partial charge in [0.15, 0.2) is 11.5 Å². The molecule has 0 fully saturated rings. The van der Waals surface area contributed by atoms with Gasteiger partial charge < -0.3 is 14.6 Å². The Kier molecular flexibility index (Phi) is 5.80. The van der Waals surface area contributed by atoms with Gasteiger partial charge in [-0.05, 0) is 17.7 Å². The van der Waals surface area contributed by atoms with Crippen molar-refractivity contribution >= 4 is 18.6 Å². The summed E-state index contributed by atoms with van der Waals surface area (Å²) in [6.07, 6.45) is 0. The topological polar surface area (TPSA) is 67.8 Å². The minimum Gasteiger partial charge on any atom is -0.493 e. The number of nitrogens with one attached hydrogen (secondary N) is 1. The number of thiol groups is 1. The van der Waals surface area contributed by atoms with Crippen LogP contribution in [0.1, 0.15) is 5.56 Å². The van der Waals surface area contributed by atoms with E-state index in [1.807, 2.05) is 12.1 Å². The average molecular weight is 271 g/mol. The number of carbonyl (C=O) groups is 1. The third-order valence-corrected chi connectivity index (χ3v) is 2.85. The number of hydrogen-bond acceptors (Lipinski definition) is 5. The molecule has 0 aliphatic rings. The lowest BCUT2D eigenvalue weighted by Gasteiger charge is -2.13. The molecule has 0 saturated carbocycles. The van der Waals surface area contributed by atoms with Crippen LogP contribution in [0, 0.1) is 0 Å². The van der Waals surface area contributed by atoms with E-state index >= 15 is 0 Å². The molecular formula is C12H17NO4S. The van der Waals surface area contributed by atoms with E-state index in [1.165, 1.54) is 0 Å². The van der Waals surface area contributed by atoms with Crippen molar-refractivity contribution in [2.75, 3.05) is 20.0 Å². The molecule has 0 aliphatic heterocycles. The smallest absolute Gasteiger partial charge is 0.321 e. The molecule has 0 aliphatic carbocycles. The van der Waals surface area contributed by atoms with E-state index in [0.29, 0.717) is 18.0 Å². The molecule has 6 heteroatoms. The monoisotopic (exact) mass is 271 g/mol. The predicted molar refractivity (Wildman–Crippen MR) is 71.7 cm³/mol. The van der Waals surface area contributed by atoms with Crippen molar-refractivity contribution in [1.29, 1.82) is 0 Å². The van der Waals surface area contributed by atoms with Gasteiger partial charge in [-0.15, -0.1) is 0 Å². The van der Waals surface area contributed by atoms with Gasteiger partial charge in [0, 0.05) is 12.3 Å². The quantitative estimate of drug-likeness (QED) is 0.650. The minimum atomic E-state index is -0.912. The fourth-order valence-corrected chi connectivity index (χ4v) is 1.75. The summed E-state index contributed by atoms with van der Waals surface area (Å²) in [7, 11) is 3.12. The first-order chi connectivity index (χ1) is 8.62. The zero-order valence-electron chi connectivity index (χ0n) is 10.3. The summed E-state index contributed by atoms with van der Waals surface area (Å²) in [5.74, 6) is 0.591. The zero-order valence-corrected chi connectivity index (χ0v) is 11.2. The fourth-order valence-electron chi connectivity index (χ4n) is 1.46. The highest BCUT2D eigenvalue weighted by molar-refractivity contribution is 7.80. The van der Waals surface area contributed by atoms with E-state index in [2.05, 4.69) is 17.9 Å². The summed E-state index contributed by atoms with van der Waals surface area (Å²) in [6, 6.07) is 4.78. The number of ether oxygens (including phenoxy) is 2. The Morgan fingerprint density at radius 2 is 2.06 bits per heavy atom. The summed E-state index contributed by atoms with van der Waals surface area (Å²) in [5, 5.41) is 11.8. The molecule has 5 nitrogen and oxygen atoms in total. The van der Waals surface area contributed by atoms with Gasteiger partial charge in [0.1, 0.15) is 6.04 Å². The maximum atomic E-state index is 10.8. The van der Waals surface area contributed by atoms with Gasteiger partial charge in [-0.25, -0.2) is 0 Å². The van der Waals surface area contributed by atoms with Crippen molar-refractivity contribution in [1.82, 2.24) is 5.32 Å². The number of rotatable bonds is 7. The van der Waals surface area contributed by atoms with Crippen LogP contribution in [0.25, 0.3) is 0 Å². The van der Waals surface area contributed by atoms with Crippen molar-refractivity contribution in [3.05, 3.63) is 23.8 Å². The molecule has 100 valence electrons. The van der Waals surface area contributed by atoms with E-state index in [4.69, 9.17) is 14.6 Å². The van der Waals surface area contributed by atoms with Crippen LogP contribution in [0.3, 0.4) is 0 Å². The molecule has 0 radical (unpaired) electrons. The maximum Gasteiger partial charge on any atom is 0.321 e. The Balaban J connectivity index is 2.70. The minimum absolute atomic E-state index is 0.239. The highest BCUT2D eigenvalue weighted by Gasteiger charge is 2.14. The number of hydrogen-bond donors (Lipinski definition) is 3. The molecule has 1 atom stereocenters. The number of methoxy groups -OCH3 is 2. The van der Waals surface area contributed by atoms with Crippen LogP contribution < -0.4 is 14.8 Å². The lowest BCUT2D eigenvalue weighted by molar-refractivity contribution is -0.138. The molecule has 2 N–H and O–H groups in total. The number of carboxylic acids is 1. The SMILES string of the molecule is COc1ccc(CNC(CS)C(=O)O)cc1OC. The third-order valence-electron chi connectivity index (χ3n) is 2.48. The molecule has 1 aromatic rings. The second kappa shape index (κ2) is 7.13. The molecule has 1 unspecified atom stereocenters. The number of aliphatic carboxylic acids is 1. The first-order valence-electron chi connectivity index (χ1n) is 5.40. The van der Waals surface area contributed by atoms with Crippen molar-refractivity contribution in [2.45, 2.75) is 12.6 Å². The Bertz CT molecular complexity index is 411. The summed E-state index contributed by atoms with van der Waals surface area (Å²) in [6.45, 7) is 0.428. The first kappa shape index (κ1) is 14.7. The maximum absolute atomic E-state index is 10.8. The Morgan fingerprint density at radius 1 is 1.39 bits per heavy atom. The molecule has 0 bridgehead atoms. The summed E-state index contributed by atoms with van der Waals surface area (Å²) in [5.41, 5.74) is 0.917. The van der Waals surface area contributed by atoms with Crippen LogP contribution in [-0.2, 0) is 11.3 Å². The fraction of sp³-hybridized carbons (Fsp3) is 0.417. The number of carboxylic acid groups (broad SMARTS) is 1. The van der Waals surface area contributed by atoms with Crippen molar-refractivity contribution in [3.63, 3.8) is 0 Å². The Labute approximate surface area is 112 Å². The van der Waals surface area contributed by atoms with Crippen LogP contribution >= 0.6 is 12.6 Å². The second-order valence-corrected chi connectivity index (χ2v) is 4.01. The Morgan fingerprint density at radius 3 is 2.56 bits per heavy atom. The van der Waals surface area contributed by atoms with Crippen LogP contribution in [0.15, 0.2) is 18.2 Å². The second-order valence-electron chi connectivity index (χ2n) is 3.64. The molecule has 18 heavy (non-hydrogen) atoms. The Hall–Kier alpha value is -1.40. The lowest BCUT2D eigenvalue weighted by atomic mass is 10.2. The average Bonchev–Trinajstić information content (AvgIpc) is 2.38. The van der Waals surface area contributed by atoms with E-state index in [1.54, 1.807) is 20.3 Å². The molecule has 0 amide bonds. The summed E-state index contributed by atoms with van der Waals surface area (Å²) in [4.78, 5) is 10.8. The third kappa shape index (κ3) is 3.82. The standard InChI is InChI=1S/C12H17NO4S/c1-16-10-4-3-8(5-11(10)17-2)6-13-9(7-18)12(14)15/h3-5,9,13,18H,6-7H2,1-2H3,(H,14,15). The van der Waals surface area contributed by atoms with Gasteiger partial charge in [0.2, 0.25) is 0 Å². The largest absolute Gasteiger partial charge is 0.493 e. The van der Waals surface area contributed by atoms with Gasteiger partial charge in [-0.3, -0.25) is 10.1 Å². The van der Waals surface area contributed by atoms with Gasteiger partial charge >= 0.3 is 5.97 Å². The highest BCUT2D eigenvalue weighted by atomic mass is 32.1. The first-order valence-corrected chi connectivity index (χ1v) is 6.03. The van der Waals surface area contributed by atoms with E-state index in [-0.39, 0.29) is 5.75 Å². The van der Waals surface area contributed by atoms with Gasteiger partial charge in [-0.1, -0.05) is 6.07 Å². The molecular weight excluding hydrogens is 254 g/mol. The van der Waals surface area contributed by atoms with Crippen LogP contribution in [-0.4, -0.2) is 37.1 Å². The normalized spacial score (nSPS) is 11.9. The van der Waals surface area contributed by atoms with E-state index < -0.39 is 12.0 Å². The van der Waals surface area contributed by atoms with E-state index in [9.17, 15) is 4.79 Å². The molecule has 1 rings (SSSR count). The van der Waals surface area contributed by atoms with Gasteiger partial charge in [0.25, 0.3) is 0 Å².